The van der Waals surface area contributed by atoms with Crippen molar-refractivity contribution in [3.63, 3.8) is 0 Å². The van der Waals surface area contributed by atoms with Gasteiger partial charge in [0.1, 0.15) is 11.6 Å². The molecule has 1 heterocycles. The van der Waals surface area contributed by atoms with E-state index in [0.29, 0.717) is 12.3 Å². The largest absolute Gasteiger partial charge is 0.506 e. The van der Waals surface area contributed by atoms with Crippen LogP contribution in [0.5, 0.6) is 5.75 Å². The number of aromatic hydroxyl groups is 1. The van der Waals surface area contributed by atoms with Gasteiger partial charge in [-0.3, -0.25) is 4.98 Å². The zero-order valence-corrected chi connectivity index (χ0v) is 11.0. The predicted octanol–water partition coefficient (Wildman–Crippen LogP) is 4.92. The molecule has 2 rings (SSSR count). The molecule has 2 nitrogen and oxygen atoms in total. The van der Waals surface area contributed by atoms with Crippen LogP contribution in [0.15, 0.2) is 24.4 Å². The third-order valence-electron chi connectivity index (χ3n) is 2.46. The molecule has 0 saturated carbocycles. The van der Waals surface area contributed by atoms with Gasteiger partial charge in [0, 0.05) is 11.8 Å². The van der Waals surface area contributed by atoms with Crippen LogP contribution in [0.1, 0.15) is 5.56 Å². The summed E-state index contributed by atoms with van der Waals surface area (Å²) in [5.74, 6) is -1.29. The fourth-order valence-corrected chi connectivity index (χ4v) is 1.93. The molecule has 0 radical (unpaired) electrons. The normalized spacial score (nSPS) is 11.7. The molecule has 0 unspecified atom stereocenters. The van der Waals surface area contributed by atoms with Crippen molar-refractivity contribution < 1.29 is 22.7 Å². The van der Waals surface area contributed by atoms with E-state index in [1.807, 2.05) is 0 Å². The molecular formula is C12H5Cl2F4NO. The molecule has 0 bridgehead atoms. The smallest absolute Gasteiger partial charge is 0.417 e. The van der Waals surface area contributed by atoms with E-state index >= 15 is 0 Å². The number of phenols is 1. The molecule has 20 heavy (non-hydrogen) atoms. The van der Waals surface area contributed by atoms with Gasteiger partial charge < -0.3 is 5.11 Å². The molecule has 0 spiro atoms. The molecular weight excluding hydrogens is 321 g/mol. The summed E-state index contributed by atoms with van der Waals surface area (Å²) in [4.78, 5) is 3.50. The van der Waals surface area contributed by atoms with Crippen LogP contribution in [0.25, 0.3) is 11.3 Å². The van der Waals surface area contributed by atoms with E-state index in [1.54, 1.807) is 0 Å². The van der Waals surface area contributed by atoms with Crippen molar-refractivity contribution >= 4 is 23.2 Å². The van der Waals surface area contributed by atoms with E-state index in [0.717, 1.165) is 12.1 Å². The SMILES string of the molecule is Oc1cc(-c2ncc(C(F)(F)F)cc2Cl)c(F)cc1Cl. The highest BCUT2D eigenvalue weighted by atomic mass is 35.5. The second-order valence-electron chi connectivity index (χ2n) is 3.84. The van der Waals surface area contributed by atoms with Crippen molar-refractivity contribution in [2.75, 3.05) is 0 Å². The molecule has 106 valence electrons. The van der Waals surface area contributed by atoms with Crippen LogP contribution in [0.4, 0.5) is 17.6 Å². The molecule has 1 N–H and O–H groups in total. The Morgan fingerprint density at radius 2 is 1.70 bits per heavy atom. The first kappa shape index (κ1) is 14.9. The average Bonchev–Trinajstić information content (AvgIpc) is 2.33. The van der Waals surface area contributed by atoms with Gasteiger partial charge in [-0.2, -0.15) is 13.2 Å². The van der Waals surface area contributed by atoms with Crippen LogP contribution < -0.4 is 0 Å². The zero-order chi connectivity index (χ0) is 15.1. The highest BCUT2D eigenvalue weighted by molar-refractivity contribution is 6.33. The van der Waals surface area contributed by atoms with Crippen LogP contribution in [0.2, 0.25) is 10.0 Å². The number of aromatic nitrogens is 1. The summed E-state index contributed by atoms with van der Waals surface area (Å²) < 4.78 is 51.1. The number of nitrogens with zero attached hydrogens (tertiary/aromatic N) is 1. The Hall–Kier alpha value is -1.53. The molecule has 0 atom stereocenters. The van der Waals surface area contributed by atoms with Gasteiger partial charge in [0.15, 0.2) is 0 Å². The summed E-state index contributed by atoms with van der Waals surface area (Å²) in [7, 11) is 0. The van der Waals surface area contributed by atoms with Gasteiger partial charge in [0.2, 0.25) is 0 Å². The highest BCUT2D eigenvalue weighted by Crippen LogP contribution is 2.37. The lowest BCUT2D eigenvalue weighted by molar-refractivity contribution is -0.137. The van der Waals surface area contributed by atoms with Crippen LogP contribution in [-0.4, -0.2) is 10.1 Å². The minimum atomic E-state index is -4.60. The summed E-state index contributed by atoms with van der Waals surface area (Å²) >= 11 is 11.2. The van der Waals surface area contributed by atoms with Crippen molar-refractivity contribution in [2.24, 2.45) is 0 Å². The van der Waals surface area contributed by atoms with Crippen molar-refractivity contribution in [1.29, 1.82) is 0 Å². The summed E-state index contributed by atoms with van der Waals surface area (Å²) in [6.45, 7) is 0. The van der Waals surface area contributed by atoms with Gasteiger partial charge in [-0.25, -0.2) is 4.39 Å². The number of phenolic OH excluding ortho intramolecular Hbond substituents is 1. The van der Waals surface area contributed by atoms with Gasteiger partial charge in [-0.1, -0.05) is 23.2 Å². The molecule has 0 aliphatic heterocycles. The highest BCUT2D eigenvalue weighted by Gasteiger charge is 2.32. The molecule has 2 aromatic rings. The van der Waals surface area contributed by atoms with Crippen LogP contribution in [-0.2, 0) is 6.18 Å². The maximum atomic E-state index is 13.7. The first-order valence-corrected chi connectivity index (χ1v) is 5.87. The Balaban J connectivity index is 2.57. The van der Waals surface area contributed by atoms with Crippen molar-refractivity contribution in [3.8, 4) is 17.0 Å². The minimum absolute atomic E-state index is 0.218. The first-order valence-electron chi connectivity index (χ1n) is 5.11. The van der Waals surface area contributed by atoms with Gasteiger partial charge >= 0.3 is 6.18 Å². The summed E-state index contributed by atoms with van der Waals surface area (Å²) in [5, 5.41) is 8.80. The standard InChI is InChI=1S/C12H5Cl2F4NO/c13-7-3-9(15)6(2-10(7)20)11-8(14)1-5(4-19-11)12(16,17)18/h1-4,20H. The summed E-state index contributed by atoms with van der Waals surface area (Å²) in [6.07, 6.45) is -4.07. The van der Waals surface area contributed by atoms with Crippen LogP contribution in [0, 0.1) is 5.82 Å². The van der Waals surface area contributed by atoms with Gasteiger partial charge in [-0.15, -0.1) is 0 Å². The van der Waals surface area contributed by atoms with Gasteiger partial charge in [0.25, 0.3) is 0 Å². The first-order chi connectivity index (χ1) is 9.20. The summed E-state index contributed by atoms with van der Waals surface area (Å²) in [6, 6.07) is 2.40. The third-order valence-corrected chi connectivity index (χ3v) is 3.05. The van der Waals surface area contributed by atoms with E-state index in [-0.39, 0.29) is 21.3 Å². The van der Waals surface area contributed by atoms with Crippen LogP contribution >= 0.6 is 23.2 Å². The van der Waals surface area contributed by atoms with Crippen molar-refractivity contribution in [3.05, 3.63) is 45.8 Å². The number of pyridine rings is 1. The molecule has 1 aromatic heterocycles. The fourth-order valence-electron chi connectivity index (χ4n) is 1.51. The van der Waals surface area contributed by atoms with Gasteiger partial charge in [-0.05, 0) is 18.2 Å². The third kappa shape index (κ3) is 2.81. The Labute approximate surface area is 120 Å². The predicted molar refractivity (Wildman–Crippen MR) is 66.3 cm³/mol. The van der Waals surface area contributed by atoms with E-state index in [9.17, 15) is 22.7 Å². The molecule has 1 aromatic carbocycles. The topological polar surface area (TPSA) is 33.1 Å². The lowest BCUT2D eigenvalue weighted by Crippen LogP contribution is -2.06. The average molecular weight is 326 g/mol. The summed E-state index contributed by atoms with van der Waals surface area (Å²) in [5.41, 5.74) is -1.51. The maximum Gasteiger partial charge on any atom is 0.417 e. The number of benzene rings is 1. The number of alkyl halides is 3. The minimum Gasteiger partial charge on any atom is -0.506 e. The van der Waals surface area contributed by atoms with E-state index in [1.165, 1.54) is 0 Å². The van der Waals surface area contributed by atoms with E-state index in [4.69, 9.17) is 23.2 Å². The lowest BCUT2D eigenvalue weighted by atomic mass is 10.1. The second-order valence-corrected chi connectivity index (χ2v) is 4.65. The zero-order valence-electron chi connectivity index (χ0n) is 9.47. The Morgan fingerprint density at radius 3 is 2.25 bits per heavy atom. The molecule has 0 aliphatic rings. The number of rotatable bonds is 1. The number of halogens is 6. The quantitative estimate of drug-likeness (QED) is 0.755. The van der Waals surface area contributed by atoms with Crippen LogP contribution in [0.3, 0.4) is 0 Å². The van der Waals surface area contributed by atoms with Crippen molar-refractivity contribution in [2.45, 2.75) is 6.18 Å². The number of hydrogen-bond acceptors (Lipinski definition) is 2. The lowest BCUT2D eigenvalue weighted by Gasteiger charge is -2.10. The maximum absolute atomic E-state index is 13.7. The van der Waals surface area contributed by atoms with Crippen molar-refractivity contribution in [1.82, 2.24) is 4.98 Å². The Morgan fingerprint density at radius 1 is 1.05 bits per heavy atom. The van der Waals surface area contributed by atoms with E-state index < -0.39 is 23.3 Å². The Bertz CT molecular complexity index is 673. The molecule has 0 fully saturated rings. The Kier molecular flexibility index (Phi) is 3.80. The molecule has 0 saturated heterocycles. The monoisotopic (exact) mass is 325 g/mol. The number of hydrogen-bond donors (Lipinski definition) is 1. The molecule has 8 heteroatoms. The van der Waals surface area contributed by atoms with E-state index in [2.05, 4.69) is 4.98 Å². The van der Waals surface area contributed by atoms with Gasteiger partial charge in [0.05, 0.1) is 21.3 Å². The second kappa shape index (κ2) is 5.10. The molecule has 0 amide bonds. The molecule has 0 aliphatic carbocycles. The fraction of sp³-hybridized carbons (Fsp3) is 0.0833.